The molecule has 2 atom stereocenters. The van der Waals surface area contributed by atoms with Gasteiger partial charge in [0.15, 0.2) is 0 Å². The Labute approximate surface area is 230 Å². The molecule has 2 unspecified atom stereocenters. The fourth-order valence-electron chi connectivity index (χ4n) is 5.27. The van der Waals surface area contributed by atoms with Crippen LogP contribution in [-0.4, -0.2) is 44.2 Å². The van der Waals surface area contributed by atoms with Gasteiger partial charge in [-0.3, -0.25) is 4.79 Å². The second-order valence-corrected chi connectivity index (χ2v) is 12.9. The van der Waals surface area contributed by atoms with Crippen LogP contribution in [0.15, 0.2) is 54.6 Å². The van der Waals surface area contributed by atoms with Gasteiger partial charge in [-0.25, -0.2) is 8.42 Å². The number of anilines is 1. The topological polar surface area (TPSA) is 102 Å². The minimum atomic E-state index is -2.99. The minimum absolute atomic E-state index is 0.132. The average Bonchev–Trinajstić information content (AvgIpc) is 3.74. The Balaban J connectivity index is 1.27. The first-order valence-electron chi connectivity index (χ1n) is 13.5. The van der Waals surface area contributed by atoms with Crippen molar-refractivity contribution in [1.29, 1.82) is 0 Å². The standard InChI is InChI=1S/C31H35NO6S/c1-3-39(35,36)14-4-12-37-25-15-20(2)30-23(17-25)11-13-38-29-10-5-21(16-28(29)30)19-32-24-8-6-22(7-9-24)26-18-27(26)31(33)34/h5-10,15-17,26-27,32H,3-4,11-14,18-19H2,1-2H3,(H,33,34). The first kappa shape index (κ1) is 27.1. The van der Waals surface area contributed by atoms with Gasteiger partial charge in [-0.1, -0.05) is 25.1 Å². The molecule has 0 saturated heterocycles. The highest BCUT2D eigenvalue weighted by molar-refractivity contribution is 7.91. The Kier molecular flexibility index (Phi) is 7.84. The molecule has 8 heteroatoms. The van der Waals surface area contributed by atoms with Gasteiger partial charge in [0, 0.05) is 30.0 Å². The summed E-state index contributed by atoms with van der Waals surface area (Å²) in [6, 6.07) is 18.4. The summed E-state index contributed by atoms with van der Waals surface area (Å²) in [5.41, 5.74) is 7.66. The molecule has 2 N–H and O–H groups in total. The summed E-state index contributed by atoms with van der Waals surface area (Å²) in [6.07, 6.45) is 1.95. The van der Waals surface area contributed by atoms with Crippen molar-refractivity contribution in [2.24, 2.45) is 5.92 Å². The van der Waals surface area contributed by atoms with Crippen molar-refractivity contribution in [3.8, 4) is 22.6 Å². The minimum Gasteiger partial charge on any atom is -0.494 e. The van der Waals surface area contributed by atoms with E-state index < -0.39 is 15.8 Å². The lowest BCUT2D eigenvalue weighted by molar-refractivity contribution is -0.138. The van der Waals surface area contributed by atoms with E-state index in [9.17, 15) is 18.3 Å². The van der Waals surface area contributed by atoms with Gasteiger partial charge in [0.1, 0.15) is 21.3 Å². The van der Waals surface area contributed by atoms with Gasteiger partial charge >= 0.3 is 5.97 Å². The fraction of sp³-hybridized carbons (Fsp3) is 0.387. The number of sulfone groups is 1. The number of carboxylic acid groups (broad SMARTS) is 1. The van der Waals surface area contributed by atoms with Gasteiger partial charge in [0.25, 0.3) is 0 Å². The lowest BCUT2D eigenvalue weighted by Crippen LogP contribution is -2.12. The Bertz CT molecular complexity index is 1470. The van der Waals surface area contributed by atoms with Crippen molar-refractivity contribution in [2.45, 2.75) is 45.6 Å². The molecule has 3 aromatic carbocycles. The molecule has 1 aliphatic carbocycles. The van der Waals surface area contributed by atoms with E-state index in [1.54, 1.807) is 6.92 Å². The molecule has 0 aromatic heterocycles. The number of ether oxygens (including phenoxy) is 2. The number of hydrogen-bond acceptors (Lipinski definition) is 6. The molecule has 39 heavy (non-hydrogen) atoms. The molecule has 0 bridgehead atoms. The number of nitrogens with one attached hydrogen (secondary N) is 1. The summed E-state index contributed by atoms with van der Waals surface area (Å²) in [5.74, 6) is 1.09. The van der Waals surface area contributed by atoms with Crippen molar-refractivity contribution in [2.75, 3.05) is 30.0 Å². The molecule has 0 spiro atoms. The summed E-state index contributed by atoms with van der Waals surface area (Å²) < 4.78 is 35.5. The monoisotopic (exact) mass is 549 g/mol. The summed E-state index contributed by atoms with van der Waals surface area (Å²) in [6.45, 7) is 5.32. The maximum absolute atomic E-state index is 11.7. The van der Waals surface area contributed by atoms with Crippen LogP contribution in [0.1, 0.15) is 47.9 Å². The molecule has 0 amide bonds. The number of carbonyl (C=O) groups is 1. The van der Waals surface area contributed by atoms with E-state index in [1.165, 1.54) is 0 Å². The van der Waals surface area contributed by atoms with E-state index in [-0.39, 0.29) is 23.3 Å². The molecular formula is C31H35NO6S. The second kappa shape index (κ2) is 11.3. The van der Waals surface area contributed by atoms with E-state index >= 15 is 0 Å². The van der Waals surface area contributed by atoms with E-state index in [0.717, 1.165) is 63.4 Å². The smallest absolute Gasteiger partial charge is 0.307 e. The number of benzene rings is 3. The van der Waals surface area contributed by atoms with Gasteiger partial charge in [-0.2, -0.15) is 0 Å². The summed E-state index contributed by atoms with van der Waals surface area (Å²) in [4.78, 5) is 11.2. The predicted molar refractivity (Wildman–Crippen MR) is 153 cm³/mol. The summed E-state index contributed by atoms with van der Waals surface area (Å²) in [7, 11) is -2.99. The van der Waals surface area contributed by atoms with Gasteiger partial charge in [0.05, 0.1) is 24.9 Å². The maximum atomic E-state index is 11.7. The number of fused-ring (bicyclic) bond motifs is 3. The molecule has 1 aliphatic heterocycles. The predicted octanol–water partition coefficient (Wildman–Crippen LogP) is 5.60. The zero-order valence-corrected chi connectivity index (χ0v) is 23.2. The van der Waals surface area contributed by atoms with Crippen molar-refractivity contribution in [3.63, 3.8) is 0 Å². The Morgan fingerprint density at radius 1 is 1.13 bits per heavy atom. The van der Waals surface area contributed by atoms with E-state index in [0.29, 0.717) is 26.2 Å². The third kappa shape index (κ3) is 6.38. The molecule has 206 valence electrons. The Morgan fingerprint density at radius 2 is 1.92 bits per heavy atom. The quantitative estimate of drug-likeness (QED) is 0.300. The second-order valence-electron chi connectivity index (χ2n) is 10.4. The van der Waals surface area contributed by atoms with Crippen molar-refractivity contribution in [3.05, 3.63) is 76.9 Å². The molecule has 3 aromatic rings. The van der Waals surface area contributed by atoms with Gasteiger partial charge in [0.2, 0.25) is 0 Å². The molecule has 1 saturated carbocycles. The Hall–Kier alpha value is -3.52. The number of hydrogen-bond donors (Lipinski definition) is 2. The van der Waals surface area contributed by atoms with Gasteiger partial charge in [-0.15, -0.1) is 0 Å². The molecule has 7 nitrogen and oxygen atoms in total. The van der Waals surface area contributed by atoms with Crippen LogP contribution < -0.4 is 14.8 Å². The third-order valence-corrected chi connectivity index (χ3v) is 9.37. The van der Waals surface area contributed by atoms with Crippen LogP contribution in [0.4, 0.5) is 5.69 Å². The van der Waals surface area contributed by atoms with E-state index in [1.807, 2.05) is 36.4 Å². The lowest BCUT2D eigenvalue weighted by atomic mass is 9.92. The van der Waals surface area contributed by atoms with E-state index in [2.05, 4.69) is 30.4 Å². The maximum Gasteiger partial charge on any atom is 0.307 e. The van der Waals surface area contributed by atoms with E-state index in [4.69, 9.17) is 9.47 Å². The van der Waals surface area contributed by atoms with Crippen LogP contribution in [0.3, 0.4) is 0 Å². The highest BCUT2D eigenvalue weighted by atomic mass is 32.2. The first-order chi connectivity index (χ1) is 18.7. The largest absolute Gasteiger partial charge is 0.494 e. The summed E-state index contributed by atoms with van der Waals surface area (Å²) in [5, 5.41) is 12.6. The molecule has 1 fully saturated rings. The zero-order chi connectivity index (χ0) is 27.6. The summed E-state index contributed by atoms with van der Waals surface area (Å²) >= 11 is 0. The number of aryl methyl sites for hydroxylation is 1. The molecule has 1 heterocycles. The zero-order valence-electron chi connectivity index (χ0n) is 22.4. The first-order valence-corrected chi connectivity index (χ1v) is 15.4. The number of carboxylic acids is 1. The van der Waals surface area contributed by atoms with Crippen LogP contribution in [-0.2, 0) is 27.6 Å². The van der Waals surface area contributed by atoms with Crippen molar-refractivity contribution >= 4 is 21.5 Å². The highest BCUT2D eigenvalue weighted by Crippen LogP contribution is 2.47. The van der Waals surface area contributed by atoms with Crippen LogP contribution in [0.25, 0.3) is 11.1 Å². The SMILES string of the molecule is CCS(=O)(=O)CCCOc1cc(C)c2c(c1)CCOc1ccc(CNc3ccc(C4CC4C(=O)O)cc3)cc1-2. The molecule has 5 rings (SSSR count). The van der Waals surface area contributed by atoms with Gasteiger partial charge in [-0.05, 0) is 89.9 Å². The molecule has 2 aliphatic rings. The third-order valence-electron chi connectivity index (χ3n) is 7.58. The van der Waals surface area contributed by atoms with Crippen LogP contribution >= 0.6 is 0 Å². The molecular weight excluding hydrogens is 514 g/mol. The van der Waals surface area contributed by atoms with Crippen LogP contribution in [0, 0.1) is 12.8 Å². The van der Waals surface area contributed by atoms with Crippen molar-refractivity contribution in [1.82, 2.24) is 0 Å². The number of aliphatic carboxylic acids is 1. The average molecular weight is 550 g/mol. The fourth-order valence-corrected chi connectivity index (χ4v) is 6.12. The Morgan fingerprint density at radius 3 is 2.64 bits per heavy atom. The molecule has 0 radical (unpaired) electrons. The lowest BCUT2D eigenvalue weighted by Gasteiger charge is -2.16. The van der Waals surface area contributed by atoms with Crippen LogP contribution in [0.5, 0.6) is 11.5 Å². The normalized spacial score (nSPS) is 17.8. The highest BCUT2D eigenvalue weighted by Gasteiger charge is 2.44. The van der Waals surface area contributed by atoms with Crippen molar-refractivity contribution < 1.29 is 27.8 Å². The van der Waals surface area contributed by atoms with Crippen LogP contribution in [0.2, 0.25) is 0 Å². The van der Waals surface area contributed by atoms with Gasteiger partial charge < -0.3 is 19.9 Å². The number of rotatable bonds is 11.